The summed E-state index contributed by atoms with van der Waals surface area (Å²) in [5, 5.41) is 5.27. The number of piperidine rings is 1. The molecule has 0 unspecified atom stereocenters. The van der Waals surface area contributed by atoms with E-state index in [2.05, 4.69) is 15.5 Å². The Morgan fingerprint density at radius 2 is 1.70 bits per heavy atom. The van der Waals surface area contributed by atoms with E-state index in [1.807, 2.05) is 18.2 Å². The molecule has 1 saturated heterocycles. The van der Waals surface area contributed by atoms with Gasteiger partial charge in [-0.25, -0.2) is 9.18 Å². The summed E-state index contributed by atoms with van der Waals surface area (Å²) in [5.41, 5.74) is 1.81. The number of carbonyl (C=O) groups is 1. The zero-order valence-electron chi connectivity index (χ0n) is 12.9. The maximum absolute atomic E-state index is 14.0. The maximum atomic E-state index is 14.0. The van der Waals surface area contributed by atoms with Crippen LogP contribution in [0.3, 0.4) is 0 Å². The van der Waals surface area contributed by atoms with Gasteiger partial charge in [-0.1, -0.05) is 18.2 Å². The van der Waals surface area contributed by atoms with Crippen LogP contribution in [0.25, 0.3) is 0 Å². The fraction of sp³-hybridized carbons (Fsp3) is 0.278. The Balaban J connectivity index is 1.70. The number of hydrogen-bond donors (Lipinski definition) is 2. The molecule has 0 spiro atoms. The van der Waals surface area contributed by atoms with E-state index in [4.69, 9.17) is 0 Å². The quantitative estimate of drug-likeness (QED) is 0.878. The highest BCUT2D eigenvalue weighted by atomic mass is 19.1. The van der Waals surface area contributed by atoms with Gasteiger partial charge in [0.1, 0.15) is 5.82 Å². The maximum Gasteiger partial charge on any atom is 0.323 e. The van der Waals surface area contributed by atoms with Gasteiger partial charge in [0.05, 0.1) is 5.69 Å². The Morgan fingerprint density at radius 3 is 2.43 bits per heavy atom. The summed E-state index contributed by atoms with van der Waals surface area (Å²) in [4.78, 5) is 14.2. The number of nitrogens with one attached hydrogen (secondary N) is 2. The van der Waals surface area contributed by atoms with Crippen molar-refractivity contribution in [3.05, 3.63) is 54.3 Å². The van der Waals surface area contributed by atoms with Gasteiger partial charge in [0.25, 0.3) is 0 Å². The Bertz CT molecular complexity index is 669. The molecule has 2 N–H and O–H groups in total. The molecule has 4 nitrogen and oxygen atoms in total. The third-order valence-electron chi connectivity index (χ3n) is 3.95. The lowest BCUT2D eigenvalue weighted by Crippen LogP contribution is -2.29. The molecule has 0 bridgehead atoms. The van der Waals surface area contributed by atoms with Crippen molar-refractivity contribution in [2.24, 2.45) is 0 Å². The van der Waals surface area contributed by atoms with E-state index < -0.39 is 11.8 Å². The molecular formula is C18H20FN3O. The van der Waals surface area contributed by atoms with Crippen LogP contribution in [-0.4, -0.2) is 19.1 Å². The largest absolute Gasteiger partial charge is 0.371 e. The minimum absolute atomic E-state index is 0.196. The second kappa shape index (κ2) is 7.13. The van der Waals surface area contributed by atoms with Gasteiger partial charge in [-0.05, 0) is 49.6 Å². The summed E-state index contributed by atoms with van der Waals surface area (Å²) in [7, 11) is 0. The SMILES string of the molecule is O=C(Nc1ccccc1)Nc1cc(N2CCCCC2)ccc1F. The summed E-state index contributed by atoms with van der Waals surface area (Å²) in [5.74, 6) is -0.436. The first-order valence-electron chi connectivity index (χ1n) is 7.90. The van der Waals surface area contributed by atoms with Crippen molar-refractivity contribution >= 4 is 23.1 Å². The molecule has 0 atom stereocenters. The first-order valence-corrected chi connectivity index (χ1v) is 7.90. The van der Waals surface area contributed by atoms with Crippen LogP contribution in [0.2, 0.25) is 0 Å². The van der Waals surface area contributed by atoms with Crippen LogP contribution < -0.4 is 15.5 Å². The Hall–Kier alpha value is -2.56. The van der Waals surface area contributed by atoms with E-state index in [0.717, 1.165) is 31.6 Å². The van der Waals surface area contributed by atoms with Crippen LogP contribution in [0.1, 0.15) is 19.3 Å². The number of nitrogens with zero attached hydrogens (tertiary/aromatic N) is 1. The van der Waals surface area contributed by atoms with Gasteiger partial charge in [0.2, 0.25) is 0 Å². The van der Waals surface area contributed by atoms with Gasteiger partial charge in [0, 0.05) is 24.5 Å². The predicted molar refractivity (Wildman–Crippen MR) is 91.5 cm³/mol. The molecule has 0 aromatic heterocycles. The molecule has 120 valence electrons. The zero-order chi connectivity index (χ0) is 16.1. The summed E-state index contributed by atoms with van der Waals surface area (Å²) >= 11 is 0. The van der Waals surface area contributed by atoms with Crippen LogP contribution in [0.4, 0.5) is 26.2 Å². The number of para-hydroxylation sites is 1. The third-order valence-corrected chi connectivity index (χ3v) is 3.95. The zero-order valence-corrected chi connectivity index (χ0v) is 12.9. The normalized spacial score (nSPS) is 14.4. The molecule has 0 radical (unpaired) electrons. The lowest BCUT2D eigenvalue weighted by atomic mass is 10.1. The average Bonchev–Trinajstić information content (AvgIpc) is 2.58. The van der Waals surface area contributed by atoms with Crippen LogP contribution in [0, 0.1) is 5.82 Å². The number of anilines is 3. The summed E-state index contributed by atoms with van der Waals surface area (Å²) in [6.07, 6.45) is 3.53. The van der Waals surface area contributed by atoms with E-state index >= 15 is 0 Å². The van der Waals surface area contributed by atoms with Crippen molar-refractivity contribution in [3.8, 4) is 0 Å². The topological polar surface area (TPSA) is 44.4 Å². The van der Waals surface area contributed by atoms with Gasteiger partial charge in [0.15, 0.2) is 0 Å². The molecule has 2 aromatic rings. The average molecular weight is 313 g/mol. The fourth-order valence-corrected chi connectivity index (χ4v) is 2.76. The van der Waals surface area contributed by atoms with E-state index in [1.54, 1.807) is 24.3 Å². The van der Waals surface area contributed by atoms with Gasteiger partial charge in [-0.15, -0.1) is 0 Å². The highest BCUT2D eigenvalue weighted by molar-refractivity contribution is 6.00. The van der Waals surface area contributed by atoms with Crippen molar-refractivity contribution in [1.29, 1.82) is 0 Å². The second-order valence-electron chi connectivity index (χ2n) is 5.66. The first kappa shape index (κ1) is 15.3. The number of benzene rings is 2. The molecular weight excluding hydrogens is 293 g/mol. The number of hydrogen-bond acceptors (Lipinski definition) is 2. The molecule has 1 fully saturated rings. The van der Waals surface area contributed by atoms with Gasteiger partial charge < -0.3 is 15.5 Å². The predicted octanol–water partition coefficient (Wildman–Crippen LogP) is 4.46. The number of urea groups is 1. The van der Waals surface area contributed by atoms with Crippen LogP contribution in [-0.2, 0) is 0 Å². The highest BCUT2D eigenvalue weighted by Gasteiger charge is 2.14. The Kier molecular flexibility index (Phi) is 4.76. The molecule has 2 aromatic carbocycles. The van der Waals surface area contributed by atoms with E-state index in [0.29, 0.717) is 5.69 Å². The third kappa shape index (κ3) is 4.00. The first-order chi connectivity index (χ1) is 11.2. The number of carbonyl (C=O) groups excluding carboxylic acids is 1. The Labute approximate surface area is 135 Å². The lowest BCUT2D eigenvalue weighted by molar-refractivity contribution is 0.262. The second-order valence-corrected chi connectivity index (χ2v) is 5.66. The summed E-state index contributed by atoms with van der Waals surface area (Å²) < 4.78 is 14.0. The Morgan fingerprint density at radius 1 is 0.957 bits per heavy atom. The molecule has 0 saturated carbocycles. The van der Waals surface area contributed by atoms with Gasteiger partial charge >= 0.3 is 6.03 Å². The minimum Gasteiger partial charge on any atom is -0.371 e. The van der Waals surface area contributed by atoms with E-state index in [1.165, 1.54) is 12.5 Å². The van der Waals surface area contributed by atoms with Crippen molar-refractivity contribution in [2.75, 3.05) is 28.6 Å². The molecule has 1 heterocycles. The molecule has 5 heteroatoms. The van der Waals surface area contributed by atoms with Crippen molar-refractivity contribution in [1.82, 2.24) is 0 Å². The summed E-state index contributed by atoms with van der Waals surface area (Å²) in [6.45, 7) is 1.95. The smallest absolute Gasteiger partial charge is 0.323 e. The van der Waals surface area contributed by atoms with Crippen LogP contribution >= 0.6 is 0 Å². The van der Waals surface area contributed by atoms with Crippen LogP contribution in [0.15, 0.2) is 48.5 Å². The molecule has 1 aliphatic rings. The summed E-state index contributed by atoms with van der Waals surface area (Å²) in [6, 6.07) is 13.5. The van der Waals surface area contributed by atoms with Crippen molar-refractivity contribution in [2.45, 2.75) is 19.3 Å². The standard InChI is InChI=1S/C18H20FN3O/c19-16-10-9-15(22-11-5-2-6-12-22)13-17(16)21-18(23)20-14-7-3-1-4-8-14/h1,3-4,7-10,13H,2,5-6,11-12H2,(H2,20,21,23). The molecule has 0 aliphatic carbocycles. The highest BCUT2D eigenvalue weighted by Crippen LogP contribution is 2.25. The van der Waals surface area contributed by atoms with Crippen molar-refractivity contribution < 1.29 is 9.18 Å². The molecule has 2 amide bonds. The van der Waals surface area contributed by atoms with E-state index in [-0.39, 0.29) is 5.69 Å². The minimum atomic E-state index is -0.453. The van der Waals surface area contributed by atoms with Gasteiger partial charge in [-0.3, -0.25) is 0 Å². The molecule has 3 rings (SSSR count). The number of rotatable bonds is 3. The number of amides is 2. The fourth-order valence-electron chi connectivity index (χ4n) is 2.76. The lowest BCUT2D eigenvalue weighted by Gasteiger charge is -2.29. The van der Waals surface area contributed by atoms with Crippen molar-refractivity contribution in [3.63, 3.8) is 0 Å². The monoisotopic (exact) mass is 313 g/mol. The number of halogens is 1. The molecule has 1 aliphatic heterocycles. The van der Waals surface area contributed by atoms with E-state index in [9.17, 15) is 9.18 Å². The van der Waals surface area contributed by atoms with Gasteiger partial charge in [-0.2, -0.15) is 0 Å². The molecule has 23 heavy (non-hydrogen) atoms. The van der Waals surface area contributed by atoms with Crippen LogP contribution in [0.5, 0.6) is 0 Å².